The van der Waals surface area contributed by atoms with Crippen molar-refractivity contribution in [2.24, 2.45) is 0 Å². The molecule has 0 unspecified atom stereocenters. The van der Waals surface area contributed by atoms with Crippen molar-refractivity contribution in [1.82, 2.24) is 9.71 Å². The van der Waals surface area contributed by atoms with Crippen molar-refractivity contribution in [2.45, 2.75) is 18.4 Å². The number of aryl methyl sites for hydroxylation is 1. The van der Waals surface area contributed by atoms with Crippen LogP contribution in [0.4, 0.5) is 4.39 Å². The SMILES string of the molecule is Cc1cnc(CNS(=O)(=O)c2ccc(Br)c(F)c2)s1. The molecule has 0 aliphatic rings. The first kappa shape index (κ1) is 14.6. The Morgan fingerprint density at radius 1 is 1.47 bits per heavy atom. The quantitative estimate of drug-likeness (QED) is 0.907. The van der Waals surface area contributed by atoms with E-state index in [0.29, 0.717) is 5.01 Å². The van der Waals surface area contributed by atoms with Gasteiger partial charge in [-0.25, -0.2) is 22.5 Å². The van der Waals surface area contributed by atoms with Crippen LogP contribution in [-0.4, -0.2) is 13.4 Å². The summed E-state index contributed by atoms with van der Waals surface area (Å²) >= 11 is 4.39. The average Bonchev–Trinajstić information content (AvgIpc) is 2.76. The smallest absolute Gasteiger partial charge is 0.241 e. The molecule has 0 saturated carbocycles. The van der Waals surface area contributed by atoms with Gasteiger partial charge in [0.1, 0.15) is 10.8 Å². The third-order valence-corrected chi connectivity index (χ3v) is 5.24. The number of nitrogens with zero attached hydrogens (tertiary/aromatic N) is 1. The molecule has 1 aromatic carbocycles. The fraction of sp³-hybridized carbons (Fsp3) is 0.182. The normalized spacial score (nSPS) is 11.7. The topological polar surface area (TPSA) is 59.1 Å². The van der Waals surface area contributed by atoms with Gasteiger partial charge in [0.2, 0.25) is 10.0 Å². The zero-order valence-corrected chi connectivity index (χ0v) is 13.1. The van der Waals surface area contributed by atoms with Gasteiger partial charge in [-0.3, -0.25) is 0 Å². The monoisotopic (exact) mass is 364 g/mol. The van der Waals surface area contributed by atoms with Gasteiger partial charge in [-0.05, 0) is 41.1 Å². The second-order valence-electron chi connectivity index (χ2n) is 3.77. The summed E-state index contributed by atoms with van der Waals surface area (Å²) in [5.41, 5.74) is 0. The van der Waals surface area contributed by atoms with Gasteiger partial charge in [-0.2, -0.15) is 0 Å². The Kier molecular flexibility index (Phi) is 4.34. The van der Waals surface area contributed by atoms with Gasteiger partial charge in [0.25, 0.3) is 0 Å². The summed E-state index contributed by atoms with van der Waals surface area (Å²) < 4.78 is 39.9. The number of rotatable bonds is 4. The third-order valence-electron chi connectivity index (χ3n) is 2.28. The molecule has 1 aromatic heterocycles. The number of halogens is 2. The van der Waals surface area contributed by atoms with Crippen LogP contribution in [0.3, 0.4) is 0 Å². The molecule has 0 amide bonds. The first-order valence-corrected chi connectivity index (χ1v) is 8.34. The van der Waals surface area contributed by atoms with Gasteiger partial charge < -0.3 is 0 Å². The second kappa shape index (κ2) is 5.66. The van der Waals surface area contributed by atoms with Crippen LogP contribution in [0, 0.1) is 12.7 Å². The maximum absolute atomic E-state index is 13.3. The van der Waals surface area contributed by atoms with Gasteiger partial charge in [-0.15, -0.1) is 11.3 Å². The Morgan fingerprint density at radius 2 is 2.21 bits per heavy atom. The second-order valence-corrected chi connectivity index (χ2v) is 7.71. The van der Waals surface area contributed by atoms with Crippen molar-refractivity contribution in [2.75, 3.05) is 0 Å². The maximum Gasteiger partial charge on any atom is 0.241 e. The number of benzene rings is 1. The molecule has 1 heterocycles. The lowest BCUT2D eigenvalue weighted by atomic mass is 10.3. The van der Waals surface area contributed by atoms with Crippen LogP contribution in [-0.2, 0) is 16.6 Å². The van der Waals surface area contributed by atoms with Crippen LogP contribution in [0.5, 0.6) is 0 Å². The molecule has 0 radical (unpaired) electrons. The summed E-state index contributed by atoms with van der Waals surface area (Å²) in [4.78, 5) is 4.95. The Balaban J connectivity index is 2.16. The van der Waals surface area contributed by atoms with Crippen LogP contribution in [0.25, 0.3) is 0 Å². The number of hydrogen-bond acceptors (Lipinski definition) is 4. The Hall–Kier alpha value is -0.830. The van der Waals surface area contributed by atoms with E-state index in [4.69, 9.17) is 0 Å². The third kappa shape index (κ3) is 3.59. The molecule has 0 fully saturated rings. The number of aromatic nitrogens is 1. The molecule has 0 bridgehead atoms. The molecule has 0 aliphatic heterocycles. The minimum Gasteiger partial charge on any atom is -0.248 e. The molecular formula is C11H10BrFN2O2S2. The standard InChI is InChI=1S/C11H10BrFN2O2S2/c1-7-5-14-11(18-7)6-15-19(16,17)8-2-3-9(12)10(13)4-8/h2-5,15H,6H2,1H3. The van der Waals surface area contributed by atoms with E-state index in [1.54, 1.807) is 6.20 Å². The number of nitrogens with one attached hydrogen (secondary N) is 1. The molecule has 0 spiro atoms. The van der Waals surface area contributed by atoms with E-state index in [-0.39, 0.29) is 15.9 Å². The highest BCUT2D eigenvalue weighted by molar-refractivity contribution is 9.10. The highest BCUT2D eigenvalue weighted by atomic mass is 79.9. The Labute approximate surface area is 122 Å². The molecular weight excluding hydrogens is 355 g/mol. The number of sulfonamides is 1. The van der Waals surface area contributed by atoms with E-state index >= 15 is 0 Å². The zero-order valence-electron chi connectivity index (χ0n) is 9.85. The fourth-order valence-electron chi connectivity index (χ4n) is 1.37. The first-order chi connectivity index (χ1) is 8.88. The summed E-state index contributed by atoms with van der Waals surface area (Å²) in [5, 5.41) is 0.665. The molecule has 0 atom stereocenters. The lowest BCUT2D eigenvalue weighted by Gasteiger charge is -2.05. The van der Waals surface area contributed by atoms with Gasteiger partial charge in [-0.1, -0.05) is 0 Å². The zero-order chi connectivity index (χ0) is 14.0. The van der Waals surface area contributed by atoms with Gasteiger partial charge in [0, 0.05) is 11.1 Å². The van der Waals surface area contributed by atoms with Crippen molar-refractivity contribution in [3.05, 3.63) is 44.6 Å². The lowest BCUT2D eigenvalue weighted by molar-refractivity contribution is 0.576. The van der Waals surface area contributed by atoms with Crippen molar-refractivity contribution in [3.63, 3.8) is 0 Å². The van der Waals surface area contributed by atoms with Gasteiger partial charge in [0.15, 0.2) is 0 Å². The highest BCUT2D eigenvalue weighted by Gasteiger charge is 2.16. The molecule has 102 valence electrons. The average molecular weight is 365 g/mol. The summed E-state index contributed by atoms with van der Waals surface area (Å²) in [7, 11) is -3.73. The van der Waals surface area contributed by atoms with E-state index in [1.165, 1.54) is 23.5 Å². The van der Waals surface area contributed by atoms with Crippen molar-refractivity contribution >= 4 is 37.3 Å². The number of hydrogen-bond donors (Lipinski definition) is 1. The summed E-state index contributed by atoms with van der Waals surface area (Å²) in [5.74, 6) is -0.618. The van der Waals surface area contributed by atoms with E-state index in [2.05, 4.69) is 25.6 Å². The molecule has 1 N–H and O–H groups in total. The molecule has 0 aliphatic carbocycles. The summed E-state index contributed by atoms with van der Waals surface area (Å²) in [6.45, 7) is 1.98. The molecule has 0 saturated heterocycles. The molecule has 2 rings (SSSR count). The van der Waals surface area contributed by atoms with Gasteiger partial charge >= 0.3 is 0 Å². The lowest BCUT2D eigenvalue weighted by Crippen LogP contribution is -2.23. The van der Waals surface area contributed by atoms with Crippen molar-refractivity contribution in [3.8, 4) is 0 Å². The Bertz CT molecular complexity index is 700. The van der Waals surface area contributed by atoms with E-state index < -0.39 is 15.8 Å². The molecule has 8 heteroatoms. The van der Waals surface area contributed by atoms with Crippen LogP contribution >= 0.6 is 27.3 Å². The van der Waals surface area contributed by atoms with E-state index in [9.17, 15) is 12.8 Å². The van der Waals surface area contributed by atoms with Gasteiger partial charge in [0.05, 0.1) is 15.9 Å². The van der Waals surface area contributed by atoms with Crippen LogP contribution in [0.1, 0.15) is 9.88 Å². The molecule has 4 nitrogen and oxygen atoms in total. The van der Waals surface area contributed by atoms with Crippen LogP contribution < -0.4 is 4.72 Å². The van der Waals surface area contributed by atoms with Crippen molar-refractivity contribution < 1.29 is 12.8 Å². The predicted octanol–water partition coefficient (Wildman–Crippen LogP) is 2.83. The summed E-state index contributed by atoms with van der Waals surface area (Å²) in [6, 6.07) is 3.67. The van der Waals surface area contributed by atoms with E-state index in [0.717, 1.165) is 10.9 Å². The van der Waals surface area contributed by atoms with Crippen molar-refractivity contribution in [1.29, 1.82) is 0 Å². The Morgan fingerprint density at radius 3 is 2.79 bits per heavy atom. The number of thiazole rings is 1. The largest absolute Gasteiger partial charge is 0.248 e. The molecule has 2 aromatic rings. The van der Waals surface area contributed by atoms with Crippen LogP contribution in [0.2, 0.25) is 0 Å². The fourth-order valence-corrected chi connectivity index (χ4v) is 3.43. The first-order valence-electron chi connectivity index (χ1n) is 5.24. The molecule has 19 heavy (non-hydrogen) atoms. The summed E-state index contributed by atoms with van der Waals surface area (Å²) in [6.07, 6.45) is 1.67. The maximum atomic E-state index is 13.3. The minimum atomic E-state index is -3.73. The van der Waals surface area contributed by atoms with Crippen LogP contribution in [0.15, 0.2) is 33.8 Å². The highest BCUT2D eigenvalue weighted by Crippen LogP contribution is 2.19. The minimum absolute atomic E-state index is 0.0958. The van der Waals surface area contributed by atoms with E-state index in [1.807, 2.05) is 6.92 Å². The predicted molar refractivity (Wildman–Crippen MR) is 75.0 cm³/mol.